The zero-order valence-electron chi connectivity index (χ0n) is 20.6. The van der Waals surface area contributed by atoms with E-state index in [4.69, 9.17) is 14.2 Å². The van der Waals surface area contributed by atoms with Crippen molar-refractivity contribution in [3.63, 3.8) is 0 Å². The van der Waals surface area contributed by atoms with Crippen molar-refractivity contribution in [2.24, 2.45) is 0 Å². The fourth-order valence-corrected chi connectivity index (χ4v) is 4.80. The van der Waals surface area contributed by atoms with E-state index >= 15 is 0 Å². The lowest BCUT2D eigenvalue weighted by molar-refractivity contribution is -0.139. The molecule has 0 bridgehead atoms. The van der Waals surface area contributed by atoms with E-state index in [9.17, 15) is 14.4 Å². The molecule has 4 rings (SSSR count). The van der Waals surface area contributed by atoms with Crippen molar-refractivity contribution in [3.05, 3.63) is 82.2 Å². The molecule has 7 nitrogen and oxygen atoms in total. The van der Waals surface area contributed by atoms with Crippen LogP contribution in [-0.4, -0.2) is 39.1 Å². The Hall–Kier alpha value is -3.87. The standard InChI is InChI=1S/C28H29NO6/c1-16(2)17-6-8-18(9-7-17)23-24-21(14-15-22(24)30)29(19-10-12-20(33-3)13-11-19)26(28(32)35-5)25(23)27(31)34-4/h6-13,16,23H,14-15H2,1-5H3. The molecule has 7 heteroatoms. The normalized spacial score (nSPS) is 17.6. The first-order valence-corrected chi connectivity index (χ1v) is 11.5. The van der Waals surface area contributed by atoms with Crippen LogP contribution >= 0.6 is 0 Å². The highest BCUT2D eigenvalue weighted by atomic mass is 16.5. The molecule has 1 aliphatic heterocycles. The molecule has 0 spiro atoms. The Morgan fingerprint density at radius 1 is 0.886 bits per heavy atom. The summed E-state index contributed by atoms with van der Waals surface area (Å²) in [6.45, 7) is 4.19. The third-order valence-electron chi connectivity index (χ3n) is 6.58. The van der Waals surface area contributed by atoms with Crippen molar-refractivity contribution in [2.75, 3.05) is 26.2 Å². The van der Waals surface area contributed by atoms with E-state index in [1.165, 1.54) is 14.2 Å². The Morgan fingerprint density at radius 3 is 2.06 bits per heavy atom. The van der Waals surface area contributed by atoms with Gasteiger partial charge in [0, 0.05) is 29.3 Å². The number of ketones is 1. The van der Waals surface area contributed by atoms with E-state index < -0.39 is 17.9 Å². The number of anilines is 1. The molecule has 0 aromatic heterocycles. The Kier molecular flexibility index (Phi) is 6.78. The Morgan fingerprint density at radius 2 is 1.51 bits per heavy atom. The lowest BCUT2D eigenvalue weighted by Crippen LogP contribution is -2.37. The quantitative estimate of drug-likeness (QED) is 0.563. The Labute approximate surface area is 205 Å². The number of esters is 2. The second-order valence-electron chi connectivity index (χ2n) is 8.82. The highest BCUT2D eigenvalue weighted by Crippen LogP contribution is 2.49. The van der Waals surface area contributed by atoms with Crippen LogP contribution in [0.1, 0.15) is 49.7 Å². The van der Waals surface area contributed by atoms with E-state index in [1.54, 1.807) is 36.3 Å². The van der Waals surface area contributed by atoms with E-state index in [2.05, 4.69) is 13.8 Å². The summed E-state index contributed by atoms with van der Waals surface area (Å²) < 4.78 is 15.6. The molecule has 0 fully saturated rings. The molecule has 1 unspecified atom stereocenters. The molecule has 182 valence electrons. The molecule has 0 saturated carbocycles. The minimum absolute atomic E-state index is 0.0518. The zero-order chi connectivity index (χ0) is 25.3. The third-order valence-corrected chi connectivity index (χ3v) is 6.58. The van der Waals surface area contributed by atoms with Gasteiger partial charge in [0.1, 0.15) is 11.4 Å². The highest BCUT2D eigenvalue weighted by Gasteiger charge is 2.47. The van der Waals surface area contributed by atoms with Crippen LogP contribution in [0.2, 0.25) is 0 Å². The molecule has 1 atom stereocenters. The lowest BCUT2D eigenvalue weighted by Gasteiger charge is -2.37. The van der Waals surface area contributed by atoms with Crippen molar-refractivity contribution < 1.29 is 28.6 Å². The molecule has 1 heterocycles. The van der Waals surface area contributed by atoms with Gasteiger partial charge in [-0.3, -0.25) is 4.79 Å². The number of carbonyl (C=O) groups excluding carboxylic acids is 3. The molecule has 2 aromatic carbocycles. The maximum atomic E-state index is 13.3. The lowest BCUT2D eigenvalue weighted by atomic mass is 9.79. The molecule has 2 aliphatic rings. The number of carbonyl (C=O) groups is 3. The molecule has 0 saturated heterocycles. The van der Waals surface area contributed by atoms with Gasteiger partial charge in [0.25, 0.3) is 0 Å². The minimum atomic E-state index is -0.739. The van der Waals surface area contributed by atoms with Gasteiger partial charge < -0.3 is 19.1 Å². The first kappa shape index (κ1) is 24.3. The molecule has 1 aliphatic carbocycles. The predicted molar refractivity (Wildman–Crippen MR) is 131 cm³/mol. The smallest absolute Gasteiger partial charge is 0.355 e. The first-order chi connectivity index (χ1) is 16.8. The summed E-state index contributed by atoms with van der Waals surface area (Å²) in [5, 5.41) is 0. The Bertz CT molecular complexity index is 1220. The maximum Gasteiger partial charge on any atom is 0.355 e. The molecular formula is C28H29NO6. The van der Waals surface area contributed by atoms with Crippen LogP contribution in [0.4, 0.5) is 5.69 Å². The third kappa shape index (κ3) is 4.22. The fraction of sp³-hybridized carbons (Fsp3) is 0.321. The monoisotopic (exact) mass is 475 g/mol. The number of benzene rings is 2. The molecule has 0 amide bonds. The molecular weight excluding hydrogens is 446 g/mol. The maximum absolute atomic E-state index is 13.3. The average Bonchev–Trinajstić information content (AvgIpc) is 3.27. The fourth-order valence-electron chi connectivity index (χ4n) is 4.80. The van der Waals surface area contributed by atoms with E-state index in [-0.39, 0.29) is 17.1 Å². The van der Waals surface area contributed by atoms with Crippen LogP contribution < -0.4 is 9.64 Å². The van der Waals surface area contributed by atoms with Crippen LogP contribution in [0.25, 0.3) is 0 Å². The number of nitrogens with zero attached hydrogens (tertiary/aromatic N) is 1. The van der Waals surface area contributed by atoms with Gasteiger partial charge in [-0.15, -0.1) is 0 Å². The predicted octanol–water partition coefficient (Wildman–Crippen LogP) is 4.64. The van der Waals surface area contributed by atoms with Gasteiger partial charge in [-0.2, -0.15) is 0 Å². The van der Waals surface area contributed by atoms with Crippen molar-refractivity contribution in [1.29, 1.82) is 0 Å². The zero-order valence-corrected chi connectivity index (χ0v) is 20.6. The van der Waals surface area contributed by atoms with Crippen LogP contribution in [0.3, 0.4) is 0 Å². The largest absolute Gasteiger partial charge is 0.497 e. The van der Waals surface area contributed by atoms with Gasteiger partial charge in [0.05, 0.1) is 26.9 Å². The van der Waals surface area contributed by atoms with E-state index in [0.29, 0.717) is 41.5 Å². The number of ether oxygens (including phenoxy) is 3. The summed E-state index contributed by atoms with van der Waals surface area (Å²) in [5.41, 5.74) is 3.82. The summed E-state index contributed by atoms with van der Waals surface area (Å²) in [7, 11) is 4.10. The molecule has 35 heavy (non-hydrogen) atoms. The van der Waals surface area contributed by atoms with Crippen molar-refractivity contribution >= 4 is 23.4 Å². The number of Topliss-reactive ketones (excluding diaryl/α,β-unsaturated/α-hetero) is 1. The van der Waals surface area contributed by atoms with Crippen LogP contribution in [0, 0.1) is 0 Å². The summed E-state index contributed by atoms with van der Waals surface area (Å²) in [6.07, 6.45) is 0.733. The van der Waals surface area contributed by atoms with Crippen LogP contribution in [0.15, 0.2) is 71.1 Å². The average molecular weight is 476 g/mol. The SMILES string of the molecule is COC(=O)C1=C(C(=O)OC)N(c2ccc(OC)cc2)C2=C(C(=O)CC2)C1c1ccc(C(C)C)cc1. The number of methoxy groups -OCH3 is 3. The van der Waals surface area contributed by atoms with Gasteiger partial charge in [-0.1, -0.05) is 38.1 Å². The minimum Gasteiger partial charge on any atom is -0.497 e. The van der Waals surface area contributed by atoms with Crippen molar-refractivity contribution in [2.45, 2.75) is 38.5 Å². The van der Waals surface area contributed by atoms with Crippen molar-refractivity contribution in [3.8, 4) is 5.75 Å². The number of allylic oxidation sites excluding steroid dienone is 2. The highest BCUT2D eigenvalue weighted by molar-refractivity contribution is 6.12. The topological polar surface area (TPSA) is 82.1 Å². The van der Waals surface area contributed by atoms with Crippen molar-refractivity contribution in [1.82, 2.24) is 0 Å². The summed E-state index contributed by atoms with van der Waals surface area (Å²) in [5.74, 6) is -1.20. The van der Waals surface area contributed by atoms with Gasteiger partial charge in [-0.25, -0.2) is 9.59 Å². The molecule has 0 N–H and O–H groups in total. The summed E-state index contributed by atoms with van der Waals surface area (Å²) >= 11 is 0. The van der Waals surface area contributed by atoms with Gasteiger partial charge >= 0.3 is 11.9 Å². The second-order valence-corrected chi connectivity index (χ2v) is 8.82. The van der Waals surface area contributed by atoms with Gasteiger partial charge in [0.2, 0.25) is 0 Å². The summed E-state index contributed by atoms with van der Waals surface area (Å²) in [6, 6.07) is 14.9. The van der Waals surface area contributed by atoms with E-state index in [0.717, 1.165) is 11.1 Å². The summed E-state index contributed by atoms with van der Waals surface area (Å²) in [4.78, 5) is 41.4. The molecule has 0 radical (unpaired) electrons. The molecule has 2 aromatic rings. The van der Waals surface area contributed by atoms with Gasteiger partial charge in [0.15, 0.2) is 5.78 Å². The number of hydrogen-bond donors (Lipinski definition) is 0. The van der Waals surface area contributed by atoms with Gasteiger partial charge in [-0.05, 0) is 47.7 Å². The number of hydrogen-bond acceptors (Lipinski definition) is 7. The number of rotatable bonds is 6. The Balaban J connectivity index is 2.01. The van der Waals surface area contributed by atoms with E-state index in [1.807, 2.05) is 24.3 Å². The first-order valence-electron chi connectivity index (χ1n) is 11.5. The van der Waals surface area contributed by atoms with Crippen LogP contribution in [-0.2, 0) is 23.9 Å². The second kappa shape index (κ2) is 9.78. The van der Waals surface area contributed by atoms with Crippen LogP contribution in [0.5, 0.6) is 5.75 Å².